The van der Waals surface area contributed by atoms with Crippen LogP contribution in [-0.4, -0.2) is 43.3 Å². The van der Waals surface area contributed by atoms with Crippen LogP contribution in [0, 0.1) is 5.82 Å². The second-order valence-electron chi connectivity index (χ2n) is 10.9. The summed E-state index contributed by atoms with van der Waals surface area (Å²) in [6.07, 6.45) is -3.23. The van der Waals surface area contributed by atoms with Crippen molar-refractivity contribution in [1.29, 1.82) is 0 Å². The van der Waals surface area contributed by atoms with E-state index < -0.39 is 17.6 Å². The molecule has 0 aliphatic carbocycles. The molecule has 1 aliphatic rings. The molecule has 1 fully saturated rings. The maximum atomic E-state index is 14.5. The summed E-state index contributed by atoms with van der Waals surface area (Å²) in [6, 6.07) is 18.8. The number of para-hydroxylation sites is 2. The van der Waals surface area contributed by atoms with Crippen LogP contribution in [0.15, 0.2) is 83.0 Å². The molecule has 44 heavy (non-hydrogen) atoms. The summed E-state index contributed by atoms with van der Waals surface area (Å²) in [7, 11) is 0. The molecule has 1 aliphatic heterocycles. The minimum Gasteiger partial charge on any atom is -0.337 e. The smallest absolute Gasteiger partial charge is 0.337 e. The SMILES string of the molecule is O=C(c1csc(CN(Cc2cccc(C(F)(F)F)c2)Cc2ccccc2F)n1)N1CCC(n2c(=O)[nH]c3ccccc32)CC1. The van der Waals surface area contributed by atoms with Gasteiger partial charge in [-0.2, -0.15) is 13.2 Å². The minimum absolute atomic E-state index is 0.0310. The fourth-order valence-electron chi connectivity index (χ4n) is 5.74. The molecule has 3 heterocycles. The Kier molecular flexibility index (Phi) is 8.37. The average Bonchev–Trinajstić information content (AvgIpc) is 3.61. The molecular formula is C32H29F4N5O2S. The zero-order valence-corrected chi connectivity index (χ0v) is 24.4. The van der Waals surface area contributed by atoms with Gasteiger partial charge in [0.2, 0.25) is 0 Å². The Balaban J connectivity index is 1.15. The van der Waals surface area contributed by atoms with E-state index in [4.69, 9.17) is 0 Å². The maximum Gasteiger partial charge on any atom is 0.416 e. The number of rotatable bonds is 8. The standard InChI is InChI=1S/C32H29F4N5O2S/c33-25-9-2-1-7-22(25)18-39(17-21-6-5-8-23(16-21)32(34,35)36)19-29-37-27(20-44-29)30(42)40-14-12-24(13-15-40)41-28-11-4-3-10-26(28)38-31(41)43/h1-11,16,20,24H,12-15,17-19H2,(H,38,43). The Morgan fingerprint density at radius 1 is 0.977 bits per heavy atom. The fourth-order valence-corrected chi connectivity index (χ4v) is 6.55. The number of amides is 1. The summed E-state index contributed by atoms with van der Waals surface area (Å²) in [4.78, 5) is 37.0. The second kappa shape index (κ2) is 12.4. The molecule has 2 aromatic heterocycles. The van der Waals surface area contributed by atoms with Gasteiger partial charge in [-0.05, 0) is 42.7 Å². The molecule has 1 saturated heterocycles. The molecule has 0 radical (unpaired) electrons. The van der Waals surface area contributed by atoms with E-state index in [2.05, 4.69) is 9.97 Å². The highest BCUT2D eigenvalue weighted by atomic mass is 32.1. The van der Waals surface area contributed by atoms with E-state index in [0.717, 1.165) is 23.2 Å². The highest BCUT2D eigenvalue weighted by Crippen LogP contribution is 2.30. The van der Waals surface area contributed by atoms with Gasteiger partial charge in [0.1, 0.15) is 16.5 Å². The molecule has 1 amide bonds. The quantitative estimate of drug-likeness (QED) is 0.197. The molecule has 12 heteroatoms. The molecule has 0 unspecified atom stereocenters. The van der Waals surface area contributed by atoms with Gasteiger partial charge in [-0.25, -0.2) is 14.2 Å². The van der Waals surface area contributed by atoms with Crippen LogP contribution in [0.3, 0.4) is 0 Å². The number of H-pyrrole nitrogens is 1. The number of nitrogens with zero attached hydrogens (tertiary/aromatic N) is 4. The number of aromatic amines is 1. The van der Waals surface area contributed by atoms with Crippen LogP contribution in [0.2, 0.25) is 0 Å². The highest BCUT2D eigenvalue weighted by Gasteiger charge is 2.31. The predicted octanol–water partition coefficient (Wildman–Crippen LogP) is 6.62. The van der Waals surface area contributed by atoms with Crippen molar-refractivity contribution < 1.29 is 22.4 Å². The molecule has 0 bridgehead atoms. The second-order valence-corrected chi connectivity index (χ2v) is 11.8. The maximum absolute atomic E-state index is 14.5. The Labute approximate surface area is 254 Å². The summed E-state index contributed by atoms with van der Waals surface area (Å²) in [6.45, 7) is 1.43. The molecule has 5 aromatic rings. The lowest BCUT2D eigenvalue weighted by Gasteiger charge is -2.32. The number of thiazole rings is 1. The van der Waals surface area contributed by atoms with Gasteiger partial charge in [-0.15, -0.1) is 11.3 Å². The summed E-state index contributed by atoms with van der Waals surface area (Å²) in [5.74, 6) is -0.620. The van der Waals surface area contributed by atoms with E-state index in [0.29, 0.717) is 42.1 Å². The first-order valence-electron chi connectivity index (χ1n) is 14.2. The van der Waals surface area contributed by atoms with Crippen molar-refractivity contribution >= 4 is 28.3 Å². The van der Waals surface area contributed by atoms with Crippen LogP contribution in [0.25, 0.3) is 11.0 Å². The molecule has 228 valence electrons. The van der Waals surface area contributed by atoms with Gasteiger partial charge in [-0.3, -0.25) is 14.3 Å². The molecular weight excluding hydrogens is 594 g/mol. The van der Waals surface area contributed by atoms with Crippen LogP contribution < -0.4 is 5.69 Å². The first-order valence-corrected chi connectivity index (χ1v) is 15.1. The van der Waals surface area contributed by atoms with E-state index in [1.807, 2.05) is 29.2 Å². The Bertz CT molecular complexity index is 1840. The van der Waals surface area contributed by atoms with E-state index in [1.54, 1.807) is 39.1 Å². The van der Waals surface area contributed by atoms with Crippen molar-refractivity contribution in [2.24, 2.45) is 0 Å². The van der Waals surface area contributed by atoms with E-state index in [1.165, 1.54) is 23.5 Å². The van der Waals surface area contributed by atoms with Crippen molar-refractivity contribution in [2.75, 3.05) is 13.1 Å². The molecule has 0 atom stereocenters. The third kappa shape index (κ3) is 6.46. The van der Waals surface area contributed by atoms with Gasteiger partial charge in [-0.1, -0.05) is 48.5 Å². The number of hydrogen-bond donors (Lipinski definition) is 1. The molecule has 7 nitrogen and oxygen atoms in total. The number of imidazole rings is 1. The van der Waals surface area contributed by atoms with Crippen molar-refractivity contribution in [3.8, 4) is 0 Å². The summed E-state index contributed by atoms with van der Waals surface area (Å²) in [5.41, 5.74) is 1.84. The molecule has 0 saturated carbocycles. The number of halogens is 4. The fraction of sp³-hybridized carbons (Fsp3) is 0.281. The van der Waals surface area contributed by atoms with Crippen LogP contribution in [-0.2, 0) is 25.8 Å². The highest BCUT2D eigenvalue weighted by molar-refractivity contribution is 7.09. The number of hydrogen-bond acceptors (Lipinski definition) is 5. The number of carbonyl (C=O) groups excluding carboxylic acids is 1. The number of aromatic nitrogens is 3. The topological polar surface area (TPSA) is 74.2 Å². The minimum atomic E-state index is -4.48. The third-order valence-electron chi connectivity index (χ3n) is 7.88. The molecule has 0 spiro atoms. The van der Waals surface area contributed by atoms with Gasteiger partial charge < -0.3 is 9.88 Å². The Morgan fingerprint density at radius 2 is 1.73 bits per heavy atom. The van der Waals surface area contributed by atoms with Crippen molar-refractivity contribution in [3.05, 3.63) is 122 Å². The predicted molar refractivity (Wildman–Crippen MR) is 160 cm³/mol. The summed E-state index contributed by atoms with van der Waals surface area (Å²) < 4.78 is 56.3. The largest absolute Gasteiger partial charge is 0.416 e. The van der Waals surface area contributed by atoms with Crippen molar-refractivity contribution in [1.82, 2.24) is 24.3 Å². The lowest BCUT2D eigenvalue weighted by Crippen LogP contribution is -2.40. The number of alkyl halides is 3. The van der Waals surface area contributed by atoms with Gasteiger partial charge >= 0.3 is 11.9 Å². The molecule has 6 rings (SSSR count). The zero-order valence-electron chi connectivity index (χ0n) is 23.6. The first-order chi connectivity index (χ1) is 21.2. The monoisotopic (exact) mass is 623 g/mol. The number of likely N-dealkylation sites (tertiary alicyclic amines) is 1. The number of fused-ring (bicyclic) bond motifs is 1. The average molecular weight is 624 g/mol. The van der Waals surface area contributed by atoms with Crippen molar-refractivity contribution in [2.45, 2.75) is 44.7 Å². The van der Waals surface area contributed by atoms with Crippen LogP contribution in [0.1, 0.15) is 51.1 Å². The summed E-state index contributed by atoms with van der Waals surface area (Å²) in [5, 5.41) is 2.27. The van der Waals surface area contributed by atoms with Gasteiger partial charge in [0.15, 0.2) is 0 Å². The first kappa shape index (κ1) is 29.8. The number of carbonyl (C=O) groups is 1. The number of benzene rings is 3. The Morgan fingerprint density at radius 3 is 2.50 bits per heavy atom. The van der Waals surface area contributed by atoms with Gasteiger partial charge in [0.25, 0.3) is 5.91 Å². The lowest BCUT2D eigenvalue weighted by atomic mass is 10.0. The molecule has 3 aromatic carbocycles. The summed E-state index contributed by atoms with van der Waals surface area (Å²) >= 11 is 1.28. The van der Waals surface area contributed by atoms with Crippen LogP contribution in [0.4, 0.5) is 17.6 Å². The normalized spacial score (nSPS) is 14.5. The lowest BCUT2D eigenvalue weighted by molar-refractivity contribution is -0.137. The zero-order chi connectivity index (χ0) is 30.8. The van der Waals surface area contributed by atoms with Gasteiger partial charge in [0, 0.05) is 43.2 Å². The van der Waals surface area contributed by atoms with Gasteiger partial charge in [0.05, 0.1) is 23.1 Å². The van der Waals surface area contributed by atoms with E-state index in [9.17, 15) is 27.2 Å². The Hall–Kier alpha value is -4.29. The van der Waals surface area contributed by atoms with Crippen LogP contribution >= 0.6 is 11.3 Å². The molecule has 1 N–H and O–H groups in total. The van der Waals surface area contributed by atoms with Crippen LogP contribution in [0.5, 0.6) is 0 Å². The van der Waals surface area contributed by atoms with Crippen molar-refractivity contribution in [3.63, 3.8) is 0 Å². The van der Waals surface area contributed by atoms with E-state index in [-0.39, 0.29) is 43.0 Å². The number of piperidine rings is 1. The number of nitrogens with one attached hydrogen (secondary N) is 1. The third-order valence-corrected chi connectivity index (χ3v) is 8.72. The van der Waals surface area contributed by atoms with E-state index >= 15 is 0 Å².